The normalized spacial score (nSPS) is 12.7. The molecule has 0 saturated carbocycles. The lowest BCUT2D eigenvalue weighted by molar-refractivity contribution is 0.553. The molecule has 5 heteroatoms. The summed E-state index contributed by atoms with van der Waals surface area (Å²) in [6, 6.07) is 4.74. The Kier molecular flexibility index (Phi) is 5.13. The Bertz CT molecular complexity index is 598. The van der Waals surface area contributed by atoms with Gasteiger partial charge in [-0.05, 0) is 44.5 Å². The number of aryl methyl sites for hydroxylation is 2. The Labute approximate surface area is 128 Å². The lowest BCUT2D eigenvalue weighted by Crippen LogP contribution is -2.23. The van der Waals surface area contributed by atoms with Crippen LogP contribution >= 0.6 is 22.9 Å². The third-order valence-electron chi connectivity index (χ3n) is 3.15. The van der Waals surface area contributed by atoms with Gasteiger partial charge in [-0.25, -0.2) is 9.37 Å². The summed E-state index contributed by atoms with van der Waals surface area (Å²) < 4.78 is 13.1. The number of thiazole rings is 1. The second-order valence-electron chi connectivity index (χ2n) is 4.73. The van der Waals surface area contributed by atoms with Crippen LogP contribution in [0.5, 0.6) is 0 Å². The first kappa shape index (κ1) is 15.4. The molecule has 108 valence electrons. The van der Waals surface area contributed by atoms with Gasteiger partial charge in [-0.15, -0.1) is 11.3 Å². The molecule has 2 aromatic rings. The first-order chi connectivity index (χ1) is 9.51. The number of hydrogen-bond acceptors (Lipinski definition) is 3. The van der Waals surface area contributed by atoms with E-state index in [0.29, 0.717) is 5.02 Å². The Balaban J connectivity index is 2.27. The molecule has 0 fully saturated rings. The van der Waals surface area contributed by atoms with E-state index in [1.54, 1.807) is 17.4 Å². The van der Waals surface area contributed by atoms with Crippen molar-refractivity contribution in [3.05, 3.63) is 50.2 Å². The molecule has 1 aromatic heterocycles. The van der Waals surface area contributed by atoms with Crippen molar-refractivity contribution in [2.75, 3.05) is 6.54 Å². The van der Waals surface area contributed by atoms with Crippen LogP contribution in [0.1, 0.15) is 34.1 Å². The molecule has 0 saturated heterocycles. The largest absolute Gasteiger partial charge is 0.309 e. The number of likely N-dealkylation sites (N-methyl/N-ethyl adjacent to an activating group) is 1. The topological polar surface area (TPSA) is 24.9 Å². The lowest BCUT2D eigenvalue weighted by Gasteiger charge is -2.18. The van der Waals surface area contributed by atoms with Gasteiger partial charge in [0.25, 0.3) is 0 Å². The molecule has 0 spiro atoms. The zero-order chi connectivity index (χ0) is 14.7. The average Bonchev–Trinajstić information content (AvgIpc) is 2.71. The molecule has 0 radical (unpaired) electrons. The van der Waals surface area contributed by atoms with E-state index in [1.807, 2.05) is 13.8 Å². The van der Waals surface area contributed by atoms with E-state index >= 15 is 0 Å². The lowest BCUT2D eigenvalue weighted by atomic mass is 10.0. The number of rotatable bonds is 5. The van der Waals surface area contributed by atoms with E-state index in [-0.39, 0.29) is 11.9 Å². The Morgan fingerprint density at radius 3 is 2.70 bits per heavy atom. The van der Waals surface area contributed by atoms with E-state index < -0.39 is 0 Å². The Morgan fingerprint density at radius 2 is 2.15 bits per heavy atom. The highest BCUT2D eigenvalue weighted by Gasteiger charge is 2.18. The number of aromatic nitrogens is 1. The van der Waals surface area contributed by atoms with Crippen LogP contribution in [0.25, 0.3) is 0 Å². The maximum Gasteiger partial charge on any atom is 0.124 e. The summed E-state index contributed by atoms with van der Waals surface area (Å²) in [7, 11) is 0. The molecule has 0 aliphatic rings. The highest BCUT2D eigenvalue weighted by atomic mass is 35.5. The molecule has 1 heterocycles. The van der Waals surface area contributed by atoms with Crippen LogP contribution in [0.15, 0.2) is 18.2 Å². The number of nitrogens with zero attached hydrogens (tertiary/aromatic N) is 1. The van der Waals surface area contributed by atoms with Crippen LogP contribution in [-0.2, 0) is 6.42 Å². The van der Waals surface area contributed by atoms with Gasteiger partial charge in [0.05, 0.1) is 10.7 Å². The predicted molar refractivity (Wildman–Crippen MR) is 83.1 cm³/mol. The molecular formula is C15H18ClFN2S. The SMILES string of the molecule is CCNC(Cc1ccc(F)cc1Cl)c1sc(C)nc1C. The van der Waals surface area contributed by atoms with Gasteiger partial charge < -0.3 is 5.32 Å². The molecule has 1 aromatic carbocycles. The molecule has 0 bridgehead atoms. The minimum Gasteiger partial charge on any atom is -0.309 e. The van der Waals surface area contributed by atoms with Gasteiger partial charge in [0.1, 0.15) is 5.82 Å². The van der Waals surface area contributed by atoms with E-state index in [0.717, 1.165) is 29.2 Å². The molecular weight excluding hydrogens is 295 g/mol. The summed E-state index contributed by atoms with van der Waals surface area (Å²) in [5.41, 5.74) is 2.00. The predicted octanol–water partition coefficient (Wildman–Crippen LogP) is 4.45. The molecule has 2 nitrogen and oxygen atoms in total. The van der Waals surface area contributed by atoms with E-state index in [4.69, 9.17) is 11.6 Å². The summed E-state index contributed by atoms with van der Waals surface area (Å²) in [5, 5.41) is 5.00. The first-order valence-electron chi connectivity index (χ1n) is 6.62. The molecule has 0 aliphatic carbocycles. The molecule has 1 atom stereocenters. The van der Waals surface area contributed by atoms with Gasteiger partial charge in [-0.2, -0.15) is 0 Å². The fraction of sp³-hybridized carbons (Fsp3) is 0.400. The van der Waals surface area contributed by atoms with Gasteiger partial charge in [0, 0.05) is 15.9 Å². The third-order valence-corrected chi connectivity index (χ3v) is 4.68. The van der Waals surface area contributed by atoms with Crippen LogP contribution in [0.3, 0.4) is 0 Å². The number of benzene rings is 1. The van der Waals surface area contributed by atoms with Crippen LogP contribution < -0.4 is 5.32 Å². The molecule has 20 heavy (non-hydrogen) atoms. The average molecular weight is 313 g/mol. The van der Waals surface area contributed by atoms with Crippen molar-refractivity contribution in [2.24, 2.45) is 0 Å². The van der Waals surface area contributed by atoms with Gasteiger partial charge in [-0.1, -0.05) is 24.6 Å². The highest BCUT2D eigenvalue weighted by molar-refractivity contribution is 7.11. The van der Waals surface area contributed by atoms with Crippen LogP contribution in [-0.4, -0.2) is 11.5 Å². The molecule has 0 amide bonds. The summed E-state index contributed by atoms with van der Waals surface area (Å²) in [6.45, 7) is 6.97. The number of hydrogen-bond donors (Lipinski definition) is 1. The van der Waals surface area contributed by atoms with Crippen LogP contribution in [0.2, 0.25) is 5.02 Å². The van der Waals surface area contributed by atoms with Crippen molar-refractivity contribution in [1.82, 2.24) is 10.3 Å². The van der Waals surface area contributed by atoms with Crippen LogP contribution in [0, 0.1) is 19.7 Å². The molecule has 2 rings (SSSR count). The second-order valence-corrected chi connectivity index (χ2v) is 6.37. The van der Waals surface area contributed by atoms with Crippen molar-refractivity contribution < 1.29 is 4.39 Å². The standard InChI is InChI=1S/C15H18ClFN2S/c1-4-18-14(15-9(2)19-10(3)20-15)7-11-5-6-12(17)8-13(11)16/h5-6,8,14,18H,4,7H2,1-3H3. The monoisotopic (exact) mass is 312 g/mol. The highest BCUT2D eigenvalue weighted by Crippen LogP contribution is 2.29. The fourth-order valence-electron chi connectivity index (χ4n) is 2.28. The fourth-order valence-corrected chi connectivity index (χ4v) is 3.53. The van der Waals surface area contributed by atoms with Crippen molar-refractivity contribution in [1.29, 1.82) is 0 Å². The minimum atomic E-state index is -0.302. The van der Waals surface area contributed by atoms with E-state index in [1.165, 1.54) is 17.0 Å². The van der Waals surface area contributed by atoms with Crippen molar-refractivity contribution in [2.45, 2.75) is 33.2 Å². The maximum atomic E-state index is 13.1. The molecule has 1 N–H and O–H groups in total. The number of halogens is 2. The second kappa shape index (κ2) is 6.66. The van der Waals surface area contributed by atoms with Crippen LogP contribution in [0.4, 0.5) is 4.39 Å². The minimum absolute atomic E-state index is 0.161. The van der Waals surface area contributed by atoms with E-state index in [2.05, 4.69) is 17.2 Å². The molecule has 1 unspecified atom stereocenters. The van der Waals surface area contributed by atoms with Gasteiger partial charge >= 0.3 is 0 Å². The molecule has 0 aliphatic heterocycles. The first-order valence-corrected chi connectivity index (χ1v) is 7.82. The smallest absolute Gasteiger partial charge is 0.124 e. The van der Waals surface area contributed by atoms with Crippen molar-refractivity contribution >= 4 is 22.9 Å². The quantitative estimate of drug-likeness (QED) is 0.882. The van der Waals surface area contributed by atoms with Crippen molar-refractivity contribution in [3.63, 3.8) is 0 Å². The maximum absolute atomic E-state index is 13.1. The Morgan fingerprint density at radius 1 is 1.40 bits per heavy atom. The third kappa shape index (κ3) is 3.57. The summed E-state index contributed by atoms with van der Waals surface area (Å²) in [5.74, 6) is -0.302. The van der Waals surface area contributed by atoms with Gasteiger partial charge in [0.2, 0.25) is 0 Å². The summed E-state index contributed by atoms with van der Waals surface area (Å²) in [6.07, 6.45) is 0.732. The van der Waals surface area contributed by atoms with Gasteiger partial charge in [0.15, 0.2) is 0 Å². The van der Waals surface area contributed by atoms with E-state index in [9.17, 15) is 4.39 Å². The van der Waals surface area contributed by atoms with Crippen molar-refractivity contribution in [3.8, 4) is 0 Å². The zero-order valence-corrected chi connectivity index (χ0v) is 13.4. The Hall–Kier alpha value is -0.970. The summed E-state index contributed by atoms with van der Waals surface area (Å²) in [4.78, 5) is 5.70. The van der Waals surface area contributed by atoms with Gasteiger partial charge in [-0.3, -0.25) is 0 Å². The zero-order valence-electron chi connectivity index (χ0n) is 11.8. The number of nitrogens with one attached hydrogen (secondary N) is 1. The summed E-state index contributed by atoms with van der Waals surface area (Å²) >= 11 is 7.83.